The molecule has 0 aliphatic carbocycles. The van der Waals surface area contributed by atoms with Crippen LogP contribution in [0.4, 0.5) is 0 Å². The molecule has 1 aromatic carbocycles. The zero-order chi connectivity index (χ0) is 6.69. The molecule has 1 rings (SSSR count). The molecule has 3 radical (unpaired) electrons. The second-order valence-electron chi connectivity index (χ2n) is 1.82. The molecule has 9 heavy (non-hydrogen) atoms. The molecule has 0 unspecified atom stereocenters. The fraction of sp³-hybridized carbons (Fsp3) is 0. The molecular weight excluding hydrogens is 106 g/mol. The Morgan fingerprint density at radius 3 is 2.00 bits per heavy atom. The SMILES string of the molecule is [B]C(=[B])c1ccccc1. The van der Waals surface area contributed by atoms with Gasteiger partial charge in [-0.1, -0.05) is 0 Å². The van der Waals surface area contributed by atoms with Crippen molar-refractivity contribution in [2.45, 2.75) is 0 Å². The van der Waals surface area contributed by atoms with Crippen LogP contribution >= 0.6 is 0 Å². The third-order valence-electron chi connectivity index (χ3n) is 1.11. The van der Waals surface area contributed by atoms with Gasteiger partial charge in [-0.2, -0.15) is 0 Å². The van der Waals surface area contributed by atoms with Crippen molar-refractivity contribution in [2.24, 2.45) is 0 Å². The van der Waals surface area contributed by atoms with Crippen LogP contribution in [-0.4, -0.2) is 20.7 Å². The van der Waals surface area contributed by atoms with Crippen LogP contribution in [0.15, 0.2) is 30.3 Å². The van der Waals surface area contributed by atoms with Crippen LogP contribution in [0.1, 0.15) is 5.56 Å². The van der Waals surface area contributed by atoms with Crippen LogP contribution in [0.2, 0.25) is 0 Å². The Hall–Kier alpha value is -0.780. The average molecular weight is 111 g/mol. The first-order valence-corrected chi connectivity index (χ1v) is 2.74. The summed E-state index contributed by atoms with van der Waals surface area (Å²) in [5.41, 5.74) is 0.887. The molecule has 2 heteroatoms. The molecule has 0 spiro atoms. The summed E-state index contributed by atoms with van der Waals surface area (Å²) in [5, 5.41) is 0.371. The van der Waals surface area contributed by atoms with E-state index in [-0.39, 0.29) is 0 Å². The van der Waals surface area contributed by atoms with E-state index in [2.05, 4.69) is 0 Å². The fourth-order valence-electron chi connectivity index (χ4n) is 0.631. The molecule has 0 atom stereocenters. The Balaban J connectivity index is 2.98. The van der Waals surface area contributed by atoms with Gasteiger partial charge in [0.05, 0.1) is 0 Å². The monoisotopic (exact) mass is 111 g/mol. The van der Waals surface area contributed by atoms with E-state index in [1.54, 1.807) is 0 Å². The molecule has 0 amide bonds. The van der Waals surface area contributed by atoms with Crippen LogP contribution < -0.4 is 0 Å². The van der Waals surface area contributed by atoms with Crippen LogP contribution in [0.3, 0.4) is 0 Å². The van der Waals surface area contributed by atoms with Crippen molar-refractivity contribution >= 4 is 20.7 Å². The van der Waals surface area contributed by atoms with Gasteiger partial charge in [0.25, 0.3) is 0 Å². The average Bonchev–Trinajstić information content (AvgIpc) is 1.90. The van der Waals surface area contributed by atoms with Gasteiger partial charge in [0.15, 0.2) is 0 Å². The summed E-state index contributed by atoms with van der Waals surface area (Å²) in [5.74, 6) is 0. The third-order valence-corrected chi connectivity index (χ3v) is 1.11. The second kappa shape index (κ2) is 2.67. The zero-order valence-corrected chi connectivity index (χ0v) is 5.04. The van der Waals surface area contributed by atoms with Crippen molar-refractivity contribution in [3.63, 3.8) is 0 Å². The van der Waals surface area contributed by atoms with Crippen LogP contribution in [0.5, 0.6) is 0 Å². The summed E-state index contributed by atoms with van der Waals surface area (Å²) >= 11 is 0. The fourth-order valence-corrected chi connectivity index (χ4v) is 0.631. The van der Waals surface area contributed by atoms with E-state index in [0.29, 0.717) is 5.36 Å². The van der Waals surface area contributed by atoms with Crippen LogP contribution in [0.25, 0.3) is 0 Å². The Morgan fingerprint density at radius 2 is 1.67 bits per heavy atom. The molecule has 0 heterocycles. The Kier molecular flexibility index (Phi) is 1.88. The number of hydrogen-bond acceptors (Lipinski definition) is 0. The van der Waals surface area contributed by atoms with Crippen molar-refractivity contribution in [2.75, 3.05) is 0 Å². The normalized spacial score (nSPS) is 8.78. The summed E-state index contributed by atoms with van der Waals surface area (Å²) in [6.45, 7) is 0. The van der Waals surface area contributed by atoms with Gasteiger partial charge in [-0.25, -0.2) is 0 Å². The van der Waals surface area contributed by atoms with Crippen molar-refractivity contribution in [3.05, 3.63) is 35.9 Å². The van der Waals surface area contributed by atoms with Gasteiger partial charge in [-0.15, -0.1) is 0 Å². The van der Waals surface area contributed by atoms with Gasteiger partial charge in [-0.3, -0.25) is 0 Å². The molecule has 0 bridgehead atoms. The van der Waals surface area contributed by atoms with E-state index < -0.39 is 0 Å². The molecule has 39 valence electrons. The molecule has 0 aromatic heterocycles. The van der Waals surface area contributed by atoms with Crippen LogP contribution in [0, 0.1) is 0 Å². The van der Waals surface area contributed by atoms with Gasteiger partial charge in [0, 0.05) is 0 Å². The van der Waals surface area contributed by atoms with E-state index in [1.165, 1.54) is 0 Å². The Labute approximate surface area is 57.4 Å². The maximum atomic E-state index is 5.31. The molecule has 1 aromatic rings. The first-order valence-electron chi connectivity index (χ1n) is 2.74. The summed E-state index contributed by atoms with van der Waals surface area (Å²) in [6, 6.07) is 9.46. The maximum absolute atomic E-state index is 5.31. The summed E-state index contributed by atoms with van der Waals surface area (Å²) in [4.78, 5) is 0. The Bertz CT molecular complexity index is 203. The van der Waals surface area contributed by atoms with Crippen molar-refractivity contribution in [1.29, 1.82) is 0 Å². The van der Waals surface area contributed by atoms with Crippen molar-refractivity contribution < 1.29 is 0 Å². The molecule has 0 aliphatic heterocycles. The molecular formula is C7H5B2. The minimum atomic E-state index is 0.371. The predicted octanol–water partition coefficient (Wildman–Crippen LogP) is 0.502. The van der Waals surface area contributed by atoms with Crippen molar-refractivity contribution in [1.82, 2.24) is 0 Å². The van der Waals surface area contributed by atoms with E-state index in [4.69, 9.17) is 15.3 Å². The third kappa shape index (κ3) is 1.56. The minimum absolute atomic E-state index is 0.371. The summed E-state index contributed by atoms with van der Waals surface area (Å²) < 4.78 is 0. The number of benzene rings is 1. The predicted molar refractivity (Wildman–Crippen MR) is 42.1 cm³/mol. The number of rotatable bonds is 1. The van der Waals surface area contributed by atoms with E-state index in [9.17, 15) is 0 Å². The van der Waals surface area contributed by atoms with E-state index in [0.717, 1.165) is 5.56 Å². The molecule has 0 fully saturated rings. The second-order valence-corrected chi connectivity index (χ2v) is 1.82. The van der Waals surface area contributed by atoms with E-state index in [1.807, 2.05) is 30.3 Å². The first-order chi connectivity index (χ1) is 4.30. The van der Waals surface area contributed by atoms with E-state index >= 15 is 0 Å². The summed E-state index contributed by atoms with van der Waals surface area (Å²) in [6.07, 6.45) is 0. The standard InChI is InChI=1S/C7H5B2/c8-7(9)6-4-2-1-3-5-6/h1-5H. The summed E-state index contributed by atoms with van der Waals surface area (Å²) in [7, 11) is 10.6. The van der Waals surface area contributed by atoms with Crippen molar-refractivity contribution in [3.8, 4) is 0 Å². The zero-order valence-electron chi connectivity index (χ0n) is 5.04. The quantitative estimate of drug-likeness (QED) is 0.462. The first kappa shape index (κ1) is 6.34. The van der Waals surface area contributed by atoms with Gasteiger partial charge in [0.1, 0.15) is 0 Å². The molecule has 0 aliphatic rings. The topological polar surface area (TPSA) is 0 Å². The van der Waals surface area contributed by atoms with Gasteiger partial charge < -0.3 is 0 Å². The van der Waals surface area contributed by atoms with Crippen LogP contribution in [-0.2, 0) is 0 Å². The molecule has 0 nitrogen and oxygen atoms in total. The van der Waals surface area contributed by atoms with Gasteiger partial charge >= 0.3 is 56.6 Å². The van der Waals surface area contributed by atoms with Gasteiger partial charge in [-0.05, 0) is 0 Å². The number of hydrogen-bond donors (Lipinski definition) is 0. The molecule has 0 saturated heterocycles. The Morgan fingerprint density at radius 1 is 1.11 bits per heavy atom. The van der Waals surface area contributed by atoms with Gasteiger partial charge in [0.2, 0.25) is 0 Å². The molecule has 0 N–H and O–H groups in total. The molecule has 0 saturated carbocycles.